The van der Waals surface area contributed by atoms with E-state index in [-0.39, 0.29) is 0 Å². The molecule has 0 heterocycles. The minimum atomic E-state index is -1.15. The van der Waals surface area contributed by atoms with Gasteiger partial charge in [0, 0.05) is 0 Å². The first kappa shape index (κ1) is 9.92. The second-order valence-corrected chi connectivity index (χ2v) is 7.75. The van der Waals surface area contributed by atoms with Crippen LogP contribution in [0.25, 0.3) is 0 Å². The zero-order valence-corrected chi connectivity index (χ0v) is 8.81. The van der Waals surface area contributed by atoms with E-state index in [4.69, 9.17) is 0 Å². The number of hydrogen-bond donors (Lipinski definition) is 0. The van der Waals surface area contributed by atoms with Gasteiger partial charge in [0.15, 0.2) is 0 Å². The molecule has 0 spiro atoms. The Hall–Kier alpha value is -0.0831. The lowest BCUT2D eigenvalue weighted by Gasteiger charge is -2.29. The summed E-state index contributed by atoms with van der Waals surface area (Å²) in [7, 11) is 3.20. The lowest BCUT2D eigenvalue weighted by atomic mass is 10.8. The molecule has 60 valence electrons. The van der Waals surface area contributed by atoms with E-state index >= 15 is 0 Å². The highest BCUT2D eigenvalue weighted by atomic mass is 28.3. The molecule has 0 saturated carbocycles. The third-order valence-corrected chi connectivity index (χ3v) is 6.79. The molecule has 0 saturated heterocycles. The van der Waals surface area contributed by atoms with Crippen LogP contribution in [0.15, 0.2) is 11.8 Å². The summed E-state index contributed by atoms with van der Waals surface area (Å²) in [4.78, 5) is 0. The molecule has 0 aromatic carbocycles. The second kappa shape index (κ2) is 3.94. The van der Waals surface area contributed by atoms with Gasteiger partial charge < -0.3 is 4.57 Å². The smallest absolute Gasteiger partial charge is 0.148 e. The molecule has 2 heteroatoms. The fourth-order valence-electron chi connectivity index (χ4n) is 0.942. The molecule has 0 aromatic heterocycles. The van der Waals surface area contributed by atoms with Crippen LogP contribution in [-0.4, -0.2) is 26.9 Å². The first-order chi connectivity index (χ1) is 4.56. The summed E-state index contributed by atoms with van der Waals surface area (Å²) in [6.07, 6.45) is 2.18. The maximum atomic E-state index is 2.38. The molecule has 0 aliphatic heterocycles. The Labute approximate surface area is 65.8 Å². The van der Waals surface area contributed by atoms with Crippen LogP contribution in [0.5, 0.6) is 0 Å². The topological polar surface area (TPSA) is 3.24 Å². The molecule has 0 N–H and O–H groups in total. The van der Waals surface area contributed by atoms with E-state index in [1.807, 2.05) is 0 Å². The summed E-state index contributed by atoms with van der Waals surface area (Å²) in [5.74, 6) is 0. The Balaban J connectivity index is 4.22. The summed E-state index contributed by atoms with van der Waals surface area (Å²) in [5.41, 5.74) is 2.38. The number of allylic oxidation sites excluding steroid dienone is 1. The van der Waals surface area contributed by atoms with Gasteiger partial charge in [-0.25, -0.2) is 0 Å². The maximum Gasteiger partial charge on any atom is 0.148 e. The molecule has 10 heavy (non-hydrogen) atoms. The fraction of sp³-hybridized carbons (Fsp3) is 0.750. The Morgan fingerprint density at radius 1 is 1.40 bits per heavy atom. The van der Waals surface area contributed by atoms with Gasteiger partial charge in [0.2, 0.25) is 0 Å². The summed E-state index contributed by atoms with van der Waals surface area (Å²) in [6.45, 7) is 6.75. The second-order valence-electron chi connectivity index (χ2n) is 3.11. The summed E-state index contributed by atoms with van der Waals surface area (Å²) >= 11 is 0. The molecule has 0 aromatic rings. The van der Waals surface area contributed by atoms with Crippen LogP contribution in [0.4, 0.5) is 0 Å². The lowest BCUT2D eigenvalue weighted by molar-refractivity contribution is 0.624. The number of rotatable bonds is 3. The van der Waals surface area contributed by atoms with Gasteiger partial charge in [0.05, 0.1) is 0 Å². The van der Waals surface area contributed by atoms with Crippen LogP contribution in [0.2, 0.25) is 12.6 Å². The van der Waals surface area contributed by atoms with Crippen molar-refractivity contribution in [1.82, 2.24) is 4.57 Å². The van der Waals surface area contributed by atoms with Gasteiger partial charge in [-0.05, 0) is 27.1 Å². The van der Waals surface area contributed by atoms with Crippen LogP contribution in [0, 0.1) is 0 Å². The highest BCUT2D eigenvalue weighted by Crippen LogP contribution is 2.12. The van der Waals surface area contributed by atoms with Gasteiger partial charge in [-0.1, -0.05) is 25.2 Å². The normalized spacial score (nSPS) is 18.2. The molecule has 1 nitrogen and oxygen atoms in total. The van der Waals surface area contributed by atoms with Gasteiger partial charge in [0.1, 0.15) is 8.24 Å². The molecule has 0 amide bonds. The van der Waals surface area contributed by atoms with Crippen LogP contribution in [0.1, 0.15) is 13.8 Å². The molecule has 1 unspecified atom stereocenters. The third kappa shape index (κ3) is 2.27. The van der Waals surface area contributed by atoms with E-state index in [2.05, 4.69) is 50.8 Å². The lowest BCUT2D eigenvalue weighted by Crippen LogP contribution is -2.44. The highest BCUT2D eigenvalue weighted by Gasteiger charge is 2.23. The monoisotopic (exact) mass is 157 g/mol. The van der Waals surface area contributed by atoms with E-state index in [0.29, 0.717) is 0 Å². The molecule has 0 radical (unpaired) electrons. The SMILES string of the molecule is CC=C[Si](C)(CC)N(C)C. The molecular weight excluding hydrogens is 138 g/mol. The largest absolute Gasteiger partial charge is 0.326 e. The van der Waals surface area contributed by atoms with Crippen molar-refractivity contribution in [3.05, 3.63) is 11.8 Å². The third-order valence-electron chi connectivity index (χ3n) is 2.26. The number of nitrogens with zero attached hydrogens (tertiary/aromatic N) is 1. The molecular formula is C8H19NSi. The van der Waals surface area contributed by atoms with Crippen molar-refractivity contribution in [1.29, 1.82) is 0 Å². The van der Waals surface area contributed by atoms with Crippen molar-refractivity contribution in [2.24, 2.45) is 0 Å². The Morgan fingerprint density at radius 2 is 1.90 bits per heavy atom. The van der Waals surface area contributed by atoms with E-state index in [1.165, 1.54) is 6.04 Å². The average Bonchev–Trinajstić information content (AvgIpc) is 1.88. The van der Waals surface area contributed by atoms with Crippen molar-refractivity contribution in [3.63, 3.8) is 0 Å². The van der Waals surface area contributed by atoms with Crippen molar-refractivity contribution in [3.8, 4) is 0 Å². The standard InChI is InChI=1S/C8H19NSi/c1-6-8-10(5,7-2)9(3)4/h6,8H,7H2,1-5H3. The van der Waals surface area contributed by atoms with Crippen molar-refractivity contribution < 1.29 is 0 Å². The first-order valence-electron chi connectivity index (χ1n) is 3.88. The fourth-order valence-corrected chi connectivity index (χ4v) is 2.83. The zero-order valence-electron chi connectivity index (χ0n) is 7.81. The van der Waals surface area contributed by atoms with Crippen molar-refractivity contribution >= 4 is 8.24 Å². The molecule has 0 bridgehead atoms. The first-order valence-corrected chi connectivity index (χ1v) is 6.61. The van der Waals surface area contributed by atoms with E-state index in [0.717, 1.165) is 0 Å². The highest BCUT2D eigenvalue weighted by molar-refractivity contribution is 6.80. The van der Waals surface area contributed by atoms with Gasteiger partial charge in [-0.2, -0.15) is 0 Å². The van der Waals surface area contributed by atoms with Crippen molar-refractivity contribution in [2.45, 2.75) is 26.4 Å². The van der Waals surface area contributed by atoms with E-state index in [1.54, 1.807) is 0 Å². The predicted molar refractivity (Wildman–Crippen MR) is 50.6 cm³/mol. The van der Waals surface area contributed by atoms with E-state index < -0.39 is 8.24 Å². The Morgan fingerprint density at radius 3 is 2.00 bits per heavy atom. The average molecular weight is 157 g/mol. The summed E-state index contributed by atoms with van der Waals surface area (Å²) in [5, 5.41) is 0. The minimum absolute atomic E-state index is 1.15. The minimum Gasteiger partial charge on any atom is -0.326 e. The van der Waals surface area contributed by atoms with Crippen molar-refractivity contribution in [2.75, 3.05) is 14.1 Å². The van der Waals surface area contributed by atoms with Crippen LogP contribution in [0.3, 0.4) is 0 Å². The van der Waals surface area contributed by atoms with Gasteiger partial charge in [0.25, 0.3) is 0 Å². The quantitative estimate of drug-likeness (QED) is 0.568. The molecule has 0 aliphatic carbocycles. The predicted octanol–water partition coefficient (Wildman–Crippen LogP) is 2.26. The van der Waals surface area contributed by atoms with Gasteiger partial charge >= 0.3 is 0 Å². The van der Waals surface area contributed by atoms with Gasteiger partial charge in [-0.3, -0.25) is 0 Å². The molecule has 0 aliphatic rings. The van der Waals surface area contributed by atoms with Gasteiger partial charge in [-0.15, -0.1) is 0 Å². The number of hydrogen-bond acceptors (Lipinski definition) is 1. The zero-order chi connectivity index (χ0) is 8.20. The summed E-state index contributed by atoms with van der Waals surface area (Å²) < 4.78 is 2.38. The van der Waals surface area contributed by atoms with Crippen LogP contribution >= 0.6 is 0 Å². The Kier molecular flexibility index (Phi) is 3.90. The maximum absolute atomic E-state index is 2.38. The van der Waals surface area contributed by atoms with E-state index in [9.17, 15) is 0 Å². The molecule has 0 fully saturated rings. The Bertz CT molecular complexity index is 120. The van der Waals surface area contributed by atoms with Crippen LogP contribution < -0.4 is 0 Å². The van der Waals surface area contributed by atoms with Crippen LogP contribution in [-0.2, 0) is 0 Å². The molecule has 1 atom stereocenters. The molecule has 0 rings (SSSR count). The summed E-state index contributed by atoms with van der Waals surface area (Å²) in [6, 6.07) is 1.30.